The second-order valence-corrected chi connectivity index (χ2v) is 6.16. The van der Waals surface area contributed by atoms with Crippen molar-refractivity contribution in [3.05, 3.63) is 33.8 Å². The molecular weight excluding hydrogens is 282 g/mol. The van der Waals surface area contributed by atoms with Crippen LogP contribution in [0.5, 0.6) is 0 Å². The minimum absolute atomic E-state index is 0.499. The van der Waals surface area contributed by atoms with E-state index in [-0.39, 0.29) is 0 Å². The largest absolute Gasteiger partial charge is 0.198 e. The van der Waals surface area contributed by atoms with Crippen LogP contribution in [0.2, 0.25) is 0 Å². The maximum atomic E-state index is 8.66. The van der Waals surface area contributed by atoms with Crippen LogP contribution in [-0.4, -0.2) is 11.5 Å². The SMILES string of the molecule is N#CCc1ccc(C2CCSCC2)c(Br)c1. The molecule has 0 aromatic heterocycles. The maximum Gasteiger partial charge on any atom is 0.0669 e. The third kappa shape index (κ3) is 2.81. The van der Waals surface area contributed by atoms with Gasteiger partial charge in [0, 0.05) is 4.47 Å². The lowest BCUT2D eigenvalue weighted by Crippen LogP contribution is -2.08. The first kappa shape index (κ1) is 12.0. The lowest BCUT2D eigenvalue weighted by molar-refractivity contribution is 0.634. The first-order valence-electron chi connectivity index (χ1n) is 5.54. The van der Waals surface area contributed by atoms with Crippen LogP contribution in [0.4, 0.5) is 0 Å². The minimum atomic E-state index is 0.499. The van der Waals surface area contributed by atoms with E-state index in [1.54, 1.807) is 0 Å². The van der Waals surface area contributed by atoms with E-state index in [0.29, 0.717) is 12.3 Å². The van der Waals surface area contributed by atoms with E-state index >= 15 is 0 Å². The van der Waals surface area contributed by atoms with Crippen molar-refractivity contribution in [3.63, 3.8) is 0 Å². The summed E-state index contributed by atoms with van der Waals surface area (Å²) in [5, 5.41) is 8.66. The van der Waals surface area contributed by atoms with Gasteiger partial charge in [-0.1, -0.05) is 28.1 Å². The van der Waals surface area contributed by atoms with E-state index < -0.39 is 0 Å². The van der Waals surface area contributed by atoms with Crippen molar-refractivity contribution in [1.82, 2.24) is 0 Å². The Morgan fingerprint density at radius 1 is 1.38 bits per heavy atom. The van der Waals surface area contributed by atoms with Gasteiger partial charge in [0.05, 0.1) is 12.5 Å². The molecule has 84 valence electrons. The molecule has 3 heteroatoms. The number of benzene rings is 1. The van der Waals surface area contributed by atoms with Crippen molar-refractivity contribution in [1.29, 1.82) is 5.26 Å². The predicted molar refractivity (Wildman–Crippen MR) is 72.8 cm³/mol. The van der Waals surface area contributed by atoms with Crippen molar-refractivity contribution >= 4 is 27.7 Å². The average molecular weight is 296 g/mol. The smallest absolute Gasteiger partial charge is 0.0669 e. The Morgan fingerprint density at radius 3 is 2.75 bits per heavy atom. The summed E-state index contributed by atoms with van der Waals surface area (Å²) >= 11 is 5.69. The third-order valence-electron chi connectivity index (χ3n) is 3.01. The predicted octanol–water partition coefficient (Wildman–Crippen LogP) is 4.13. The highest BCUT2D eigenvalue weighted by Gasteiger charge is 2.17. The van der Waals surface area contributed by atoms with Crippen molar-refractivity contribution in [3.8, 4) is 6.07 Å². The fraction of sp³-hybridized carbons (Fsp3) is 0.462. The molecule has 0 aliphatic carbocycles. The molecule has 1 aromatic rings. The van der Waals surface area contributed by atoms with E-state index in [2.05, 4.69) is 52.0 Å². The second kappa shape index (κ2) is 5.75. The summed E-state index contributed by atoms with van der Waals surface area (Å²) in [5.74, 6) is 3.25. The van der Waals surface area contributed by atoms with Gasteiger partial charge in [-0.25, -0.2) is 0 Å². The summed E-state index contributed by atoms with van der Waals surface area (Å²) < 4.78 is 1.18. The summed E-state index contributed by atoms with van der Waals surface area (Å²) in [7, 11) is 0. The van der Waals surface area contributed by atoms with Crippen molar-refractivity contribution in [2.75, 3.05) is 11.5 Å². The number of nitriles is 1. The molecule has 1 saturated heterocycles. The summed E-state index contributed by atoms with van der Waals surface area (Å²) in [6.07, 6.45) is 3.06. The molecule has 0 atom stereocenters. The van der Waals surface area contributed by atoms with Gasteiger partial charge in [-0.2, -0.15) is 17.0 Å². The van der Waals surface area contributed by atoms with Gasteiger partial charge < -0.3 is 0 Å². The minimum Gasteiger partial charge on any atom is -0.198 e. The number of halogens is 1. The zero-order chi connectivity index (χ0) is 11.4. The Bertz CT molecular complexity index is 405. The van der Waals surface area contributed by atoms with Crippen LogP contribution in [-0.2, 0) is 6.42 Å². The fourth-order valence-corrected chi connectivity index (χ4v) is 3.97. The first-order valence-corrected chi connectivity index (χ1v) is 7.49. The van der Waals surface area contributed by atoms with Crippen LogP contribution in [0.3, 0.4) is 0 Å². The summed E-state index contributed by atoms with van der Waals surface area (Å²) in [6, 6.07) is 8.56. The van der Waals surface area contributed by atoms with Crippen LogP contribution in [0.15, 0.2) is 22.7 Å². The number of rotatable bonds is 2. The molecule has 1 nitrogen and oxygen atoms in total. The highest BCUT2D eigenvalue weighted by Crippen LogP contribution is 2.35. The van der Waals surface area contributed by atoms with Crippen LogP contribution < -0.4 is 0 Å². The van der Waals surface area contributed by atoms with Crippen molar-refractivity contribution in [2.24, 2.45) is 0 Å². The molecule has 0 spiro atoms. The Balaban J connectivity index is 2.18. The molecule has 0 unspecified atom stereocenters. The molecule has 0 saturated carbocycles. The molecule has 1 aliphatic rings. The second-order valence-electron chi connectivity index (χ2n) is 4.08. The summed E-state index contributed by atoms with van der Waals surface area (Å²) in [6.45, 7) is 0. The lowest BCUT2D eigenvalue weighted by atomic mass is 9.92. The van der Waals surface area contributed by atoms with Crippen LogP contribution >= 0.6 is 27.7 Å². The molecule has 1 aromatic carbocycles. The van der Waals surface area contributed by atoms with E-state index in [4.69, 9.17) is 5.26 Å². The van der Waals surface area contributed by atoms with Crippen molar-refractivity contribution in [2.45, 2.75) is 25.2 Å². The number of hydrogen-bond donors (Lipinski definition) is 0. The Labute approximate surface area is 109 Å². The standard InChI is InChI=1S/C13H14BrNS/c14-13-9-10(3-6-15)1-2-12(13)11-4-7-16-8-5-11/h1-2,9,11H,3-5,7-8H2. The van der Waals surface area contributed by atoms with Crippen LogP contribution in [0.25, 0.3) is 0 Å². The van der Waals surface area contributed by atoms with Gasteiger partial charge in [-0.15, -0.1) is 0 Å². The van der Waals surface area contributed by atoms with Gasteiger partial charge in [-0.3, -0.25) is 0 Å². The van der Waals surface area contributed by atoms with Gasteiger partial charge >= 0.3 is 0 Å². The molecule has 0 amide bonds. The zero-order valence-electron chi connectivity index (χ0n) is 9.08. The number of thioether (sulfide) groups is 1. The third-order valence-corrected chi connectivity index (χ3v) is 4.74. The van der Waals surface area contributed by atoms with E-state index in [9.17, 15) is 0 Å². The van der Waals surface area contributed by atoms with Crippen molar-refractivity contribution < 1.29 is 0 Å². The lowest BCUT2D eigenvalue weighted by Gasteiger charge is -2.23. The Morgan fingerprint density at radius 2 is 2.12 bits per heavy atom. The number of hydrogen-bond acceptors (Lipinski definition) is 2. The molecule has 1 heterocycles. The zero-order valence-corrected chi connectivity index (χ0v) is 11.5. The van der Waals surface area contributed by atoms with Crippen LogP contribution in [0.1, 0.15) is 29.9 Å². The normalized spacial score (nSPS) is 17.0. The fourth-order valence-electron chi connectivity index (χ4n) is 2.11. The highest BCUT2D eigenvalue weighted by molar-refractivity contribution is 9.10. The van der Waals surface area contributed by atoms with Gasteiger partial charge in [0.25, 0.3) is 0 Å². The maximum absolute atomic E-state index is 8.66. The molecular formula is C13H14BrNS. The van der Waals surface area contributed by atoms with E-state index in [0.717, 1.165) is 5.56 Å². The molecule has 2 rings (SSSR count). The molecule has 16 heavy (non-hydrogen) atoms. The van der Waals surface area contributed by atoms with Gasteiger partial charge in [0.1, 0.15) is 0 Å². The Hall–Kier alpha value is -0.460. The Kier molecular flexibility index (Phi) is 4.31. The highest BCUT2D eigenvalue weighted by atomic mass is 79.9. The monoisotopic (exact) mass is 295 g/mol. The van der Waals surface area contributed by atoms with E-state index in [1.165, 1.54) is 34.4 Å². The first-order chi connectivity index (χ1) is 7.81. The molecule has 0 radical (unpaired) electrons. The average Bonchev–Trinajstić information content (AvgIpc) is 2.31. The van der Waals surface area contributed by atoms with E-state index in [1.807, 2.05) is 0 Å². The van der Waals surface area contributed by atoms with Gasteiger partial charge in [-0.05, 0) is 47.5 Å². The molecule has 0 bridgehead atoms. The summed E-state index contributed by atoms with van der Waals surface area (Å²) in [4.78, 5) is 0. The van der Waals surface area contributed by atoms with Gasteiger partial charge in [0.2, 0.25) is 0 Å². The quantitative estimate of drug-likeness (QED) is 0.819. The number of nitrogens with zero attached hydrogens (tertiary/aromatic N) is 1. The molecule has 0 N–H and O–H groups in total. The molecule has 1 fully saturated rings. The van der Waals surface area contributed by atoms with Crippen LogP contribution in [0, 0.1) is 11.3 Å². The summed E-state index contributed by atoms with van der Waals surface area (Å²) in [5.41, 5.74) is 2.52. The topological polar surface area (TPSA) is 23.8 Å². The van der Waals surface area contributed by atoms with Gasteiger partial charge in [0.15, 0.2) is 0 Å². The molecule has 1 aliphatic heterocycles.